The van der Waals surface area contributed by atoms with E-state index in [4.69, 9.17) is 0 Å². The Labute approximate surface area is 82.5 Å². The Morgan fingerprint density at radius 3 is 2.69 bits per heavy atom. The minimum atomic E-state index is 0.271. The van der Waals surface area contributed by atoms with Crippen molar-refractivity contribution in [2.75, 3.05) is 5.75 Å². The molecule has 0 spiro atoms. The molecule has 1 saturated heterocycles. The highest BCUT2D eigenvalue weighted by atomic mass is 32.2. The Morgan fingerprint density at radius 1 is 1.31 bits per heavy atom. The van der Waals surface area contributed by atoms with Gasteiger partial charge in [0.15, 0.2) is 5.12 Å². The number of carbonyl (C=O) groups excluding carboxylic acids is 1. The number of thioether (sulfide) groups is 1. The van der Waals surface area contributed by atoms with E-state index in [2.05, 4.69) is 12.1 Å². The molecule has 1 aliphatic heterocycles. The Hall–Kier alpha value is -0.760. The Balaban J connectivity index is 2.02. The van der Waals surface area contributed by atoms with Gasteiger partial charge in [-0.25, -0.2) is 0 Å². The Kier molecular flexibility index (Phi) is 2.69. The van der Waals surface area contributed by atoms with Crippen LogP contribution in [0.15, 0.2) is 30.3 Å². The number of benzene rings is 1. The van der Waals surface area contributed by atoms with Crippen LogP contribution in [0.25, 0.3) is 0 Å². The van der Waals surface area contributed by atoms with Gasteiger partial charge in [0.1, 0.15) is 0 Å². The van der Waals surface area contributed by atoms with Gasteiger partial charge in [-0.1, -0.05) is 42.1 Å². The lowest BCUT2D eigenvalue weighted by Gasteiger charge is -2.05. The van der Waals surface area contributed by atoms with Crippen LogP contribution in [0.3, 0.4) is 0 Å². The molecule has 1 aliphatic rings. The third kappa shape index (κ3) is 2.13. The van der Waals surface area contributed by atoms with Crippen molar-refractivity contribution >= 4 is 16.9 Å². The molecule has 1 nitrogen and oxygen atoms in total. The molecular weight excluding hydrogens is 180 g/mol. The van der Waals surface area contributed by atoms with Crippen LogP contribution < -0.4 is 0 Å². The molecule has 0 N–H and O–H groups in total. The van der Waals surface area contributed by atoms with Crippen molar-refractivity contribution in [3.8, 4) is 0 Å². The molecule has 0 saturated carbocycles. The van der Waals surface area contributed by atoms with Gasteiger partial charge in [-0.2, -0.15) is 0 Å². The van der Waals surface area contributed by atoms with Crippen molar-refractivity contribution in [1.82, 2.24) is 0 Å². The SMILES string of the molecule is O=C1SCCC1Cc1ccccc1. The predicted octanol–water partition coefficient (Wildman–Crippen LogP) is 2.51. The largest absolute Gasteiger partial charge is 0.287 e. The molecule has 0 bridgehead atoms. The summed E-state index contributed by atoms with van der Waals surface area (Å²) >= 11 is 1.49. The first-order chi connectivity index (χ1) is 6.36. The summed E-state index contributed by atoms with van der Waals surface area (Å²) in [5, 5.41) is 0.379. The van der Waals surface area contributed by atoms with Crippen molar-refractivity contribution in [2.24, 2.45) is 5.92 Å². The van der Waals surface area contributed by atoms with Crippen LogP contribution in [0.4, 0.5) is 0 Å². The quantitative estimate of drug-likeness (QED) is 0.716. The second-order valence-electron chi connectivity index (χ2n) is 3.34. The van der Waals surface area contributed by atoms with Crippen LogP contribution in [-0.2, 0) is 11.2 Å². The molecule has 1 aromatic rings. The summed E-state index contributed by atoms with van der Waals surface area (Å²) in [5.74, 6) is 1.28. The van der Waals surface area contributed by atoms with Crippen LogP contribution >= 0.6 is 11.8 Å². The van der Waals surface area contributed by atoms with Crippen molar-refractivity contribution in [1.29, 1.82) is 0 Å². The topological polar surface area (TPSA) is 17.1 Å². The van der Waals surface area contributed by atoms with E-state index in [0.717, 1.165) is 18.6 Å². The lowest BCUT2D eigenvalue weighted by molar-refractivity contribution is -0.113. The van der Waals surface area contributed by atoms with Gasteiger partial charge in [-0.3, -0.25) is 4.79 Å². The van der Waals surface area contributed by atoms with Gasteiger partial charge >= 0.3 is 0 Å². The fraction of sp³-hybridized carbons (Fsp3) is 0.364. The zero-order chi connectivity index (χ0) is 9.10. The fourth-order valence-electron chi connectivity index (χ4n) is 1.62. The summed E-state index contributed by atoms with van der Waals surface area (Å²) in [4.78, 5) is 11.3. The normalized spacial score (nSPS) is 22.2. The Morgan fingerprint density at radius 2 is 2.08 bits per heavy atom. The van der Waals surface area contributed by atoms with Crippen LogP contribution in [0.1, 0.15) is 12.0 Å². The van der Waals surface area contributed by atoms with Crippen LogP contribution in [0.5, 0.6) is 0 Å². The smallest absolute Gasteiger partial charge is 0.192 e. The van der Waals surface area contributed by atoms with Gasteiger partial charge in [0.05, 0.1) is 0 Å². The molecule has 1 heterocycles. The summed E-state index contributed by atoms with van der Waals surface area (Å²) in [6.45, 7) is 0. The van der Waals surface area contributed by atoms with E-state index in [1.54, 1.807) is 0 Å². The third-order valence-electron chi connectivity index (χ3n) is 2.37. The highest BCUT2D eigenvalue weighted by Crippen LogP contribution is 2.28. The molecule has 0 amide bonds. The molecule has 0 aliphatic carbocycles. The lowest BCUT2D eigenvalue weighted by Crippen LogP contribution is -2.07. The van der Waals surface area contributed by atoms with Gasteiger partial charge in [0, 0.05) is 11.7 Å². The first kappa shape index (κ1) is 8.82. The van der Waals surface area contributed by atoms with Crippen LogP contribution in [0.2, 0.25) is 0 Å². The lowest BCUT2D eigenvalue weighted by atomic mass is 9.99. The summed E-state index contributed by atoms with van der Waals surface area (Å²) in [5.41, 5.74) is 1.28. The van der Waals surface area contributed by atoms with Crippen LogP contribution in [0, 0.1) is 5.92 Å². The van der Waals surface area contributed by atoms with E-state index >= 15 is 0 Å². The molecule has 0 radical (unpaired) electrons. The standard InChI is InChI=1S/C11H12OS/c12-11-10(6-7-13-11)8-9-4-2-1-3-5-9/h1-5,10H,6-8H2. The van der Waals surface area contributed by atoms with Gasteiger partial charge in [0.2, 0.25) is 0 Å². The zero-order valence-electron chi connectivity index (χ0n) is 7.40. The first-order valence-corrected chi connectivity index (χ1v) is 5.55. The minimum Gasteiger partial charge on any atom is -0.287 e. The van der Waals surface area contributed by atoms with Crippen LogP contribution in [-0.4, -0.2) is 10.9 Å². The molecule has 1 unspecified atom stereocenters. The second-order valence-corrected chi connectivity index (χ2v) is 4.44. The molecule has 1 aromatic carbocycles. The van der Waals surface area contributed by atoms with Gasteiger partial charge in [-0.15, -0.1) is 0 Å². The number of hydrogen-bond acceptors (Lipinski definition) is 2. The maximum atomic E-state index is 11.3. The van der Waals surface area contributed by atoms with Gasteiger partial charge < -0.3 is 0 Å². The fourth-order valence-corrected chi connectivity index (χ4v) is 2.66. The van der Waals surface area contributed by atoms with Crippen molar-refractivity contribution in [2.45, 2.75) is 12.8 Å². The van der Waals surface area contributed by atoms with Gasteiger partial charge in [-0.05, 0) is 18.4 Å². The van der Waals surface area contributed by atoms with E-state index in [1.807, 2.05) is 18.2 Å². The highest BCUT2D eigenvalue weighted by Gasteiger charge is 2.24. The van der Waals surface area contributed by atoms with Gasteiger partial charge in [0.25, 0.3) is 0 Å². The van der Waals surface area contributed by atoms with E-state index in [9.17, 15) is 4.79 Å². The predicted molar refractivity (Wildman–Crippen MR) is 55.7 cm³/mol. The Bertz CT molecular complexity index is 294. The van der Waals surface area contributed by atoms with E-state index in [0.29, 0.717) is 5.12 Å². The summed E-state index contributed by atoms with van der Waals surface area (Å²) in [7, 11) is 0. The maximum Gasteiger partial charge on any atom is 0.192 e. The first-order valence-electron chi connectivity index (χ1n) is 4.57. The molecule has 2 rings (SSSR count). The minimum absolute atomic E-state index is 0.271. The molecule has 1 atom stereocenters. The summed E-state index contributed by atoms with van der Waals surface area (Å²) in [6.07, 6.45) is 1.98. The molecule has 13 heavy (non-hydrogen) atoms. The molecule has 2 heteroatoms. The molecule has 1 fully saturated rings. The number of hydrogen-bond donors (Lipinski definition) is 0. The zero-order valence-corrected chi connectivity index (χ0v) is 8.22. The van der Waals surface area contributed by atoms with E-state index in [-0.39, 0.29) is 5.92 Å². The molecule has 0 aromatic heterocycles. The molecular formula is C11H12OS. The van der Waals surface area contributed by atoms with Crippen molar-refractivity contribution < 1.29 is 4.79 Å². The van der Waals surface area contributed by atoms with E-state index < -0.39 is 0 Å². The summed E-state index contributed by atoms with van der Waals surface area (Å²) < 4.78 is 0. The average Bonchev–Trinajstić information content (AvgIpc) is 2.54. The van der Waals surface area contributed by atoms with Crippen molar-refractivity contribution in [3.05, 3.63) is 35.9 Å². The van der Waals surface area contributed by atoms with E-state index in [1.165, 1.54) is 17.3 Å². The van der Waals surface area contributed by atoms with Crippen molar-refractivity contribution in [3.63, 3.8) is 0 Å². The monoisotopic (exact) mass is 192 g/mol. The molecule has 68 valence electrons. The summed E-state index contributed by atoms with van der Waals surface area (Å²) in [6, 6.07) is 10.3. The number of rotatable bonds is 2. The third-order valence-corrected chi connectivity index (χ3v) is 3.43. The second kappa shape index (κ2) is 3.97. The highest BCUT2D eigenvalue weighted by molar-refractivity contribution is 8.14. The average molecular weight is 192 g/mol. The maximum absolute atomic E-state index is 11.3. The number of carbonyl (C=O) groups is 1.